The molecular formula is C29H28F3N7O2. The number of pyridine rings is 2. The number of hydrogen-bond donors (Lipinski definition) is 1. The summed E-state index contributed by atoms with van der Waals surface area (Å²) in [6.45, 7) is 1.05. The molecule has 0 fully saturated rings. The minimum Gasteiger partial charge on any atom is -0.339 e. The van der Waals surface area contributed by atoms with Gasteiger partial charge in [-0.2, -0.15) is 18.2 Å². The van der Waals surface area contributed by atoms with Crippen LogP contribution in [0, 0.1) is 0 Å². The SMILES string of the molecule is CN(Cc1ccncc1)C(=O)c1ccc(Nc2nc3c(C4=CCN(C(=O)CCC(F)(F)F)CC4)cccn3n2)cc1. The number of amides is 2. The van der Waals surface area contributed by atoms with E-state index < -0.39 is 24.9 Å². The molecule has 3 aromatic heterocycles. The van der Waals surface area contributed by atoms with Crippen LogP contribution in [0.15, 0.2) is 73.2 Å². The molecule has 1 aromatic carbocycles. The van der Waals surface area contributed by atoms with E-state index in [4.69, 9.17) is 0 Å². The van der Waals surface area contributed by atoms with Gasteiger partial charge in [0.25, 0.3) is 5.91 Å². The molecule has 4 heterocycles. The van der Waals surface area contributed by atoms with E-state index in [1.54, 1.807) is 59.3 Å². The number of halogens is 3. The quantitative estimate of drug-likeness (QED) is 0.321. The molecule has 1 aliphatic heterocycles. The lowest BCUT2D eigenvalue weighted by Crippen LogP contribution is -2.35. The number of anilines is 2. The molecule has 1 aliphatic rings. The summed E-state index contributed by atoms with van der Waals surface area (Å²) in [5.41, 5.74) is 4.65. The molecule has 0 spiro atoms. The summed E-state index contributed by atoms with van der Waals surface area (Å²) in [5.74, 6) is -0.241. The zero-order valence-corrected chi connectivity index (χ0v) is 22.3. The lowest BCUT2D eigenvalue weighted by molar-refractivity contribution is -0.148. The van der Waals surface area contributed by atoms with E-state index in [9.17, 15) is 22.8 Å². The number of carbonyl (C=O) groups excluding carboxylic acids is 2. The predicted molar refractivity (Wildman–Crippen MR) is 147 cm³/mol. The van der Waals surface area contributed by atoms with Crippen LogP contribution in [-0.2, 0) is 11.3 Å². The third kappa shape index (κ3) is 6.89. The highest BCUT2D eigenvalue weighted by atomic mass is 19.4. The van der Waals surface area contributed by atoms with E-state index in [0.717, 1.165) is 16.7 Å². The summed E-state index contributed by atoms with van der Waals surface area (Å²) in [6, 6.07) is 14.5. The summed E-state index contributed by atoms with van der Waals surface area (Å²) in [7, 11) is 1.75. The first kappa shape index (κ1) is 27.8. The second kappa shape index (κ2) is 11.8. The third-order valence-electron chi connectivity index (χ3n) is 6.80. The Morgan fingerprint density at radius 2 is 1.83 bits per heavy atom. The Kier molecular flexibility index (Phi) is 7.99. The highest BCUT2D eigenvalue weighted by molar-refractivity contribution is 5.94. The number of benzene rings is 1. The maximum atomic E-state index is 12.8. The molecule has 0 radical (unpaired) electrons. The smallest absolute Gasteiger partial charge is 0.339 e. The van der Waals surface area contributed by atoms with Crippen molar-refractivity contribution in [3.05, 3.63) is 89.9 Å². The highest BCUT2D eigenvalue weighted by Gasteiger charge is 2.29. The van der Waals surface area contributed by atoms with Crippen LogP contribution in [-0.4, -0.2) is 67.5 Å². The van der Waals surface area contributed by atoms with Crippen LogP contribution in [0.3, 0.4) is 0 Å². The molecule has 0 aliphatic carbocycles. The van der Waals surface area contributed by atoms with Crippen LogP contribution < -0.4 is 5.32 Å². The number of carbonyl (C=O) groups is 2. The molecule has 5 rings (SSSR count). The minimum absolute atomic E-state index is 0.106. The van der Waals surface area contributed by atoms with Crippen LogP contribution in [0.25, 0.3) is 11.2 Å². The van der Waals surface area contributed by atoms with Crippen LogP contribution in [0.5, 0.6) is 0 Å². The molecule has 212 valence electrons. The van der Waals surface area contributed by atoms with Crippen molar-refractivity contribution in [1.82, 2.24) is 29.4 Å². The van der Waals surface area contributed by atoms with Gasteiger partial charge in [-0.25, -0.2) is 4.52 Å². The van der Waals surface area contributed by atoms with Crippen molar-refractivity contribution in [1.29, 1.82) is 0 Å². The number of rotatable bonds is 8. The average molecular weight is 564 g/mol. The number of hydrogen-bond acceptors (Lipinski definition) is 6. The standard InChI is InChI=1S/C29H28F3N7O2/c1-37(19-20-9-14-33-15-10-20)27(41)22-4-6-23(7-5-22)34-28-35-26-24(3-2-16-39(26)36-28)21-11-17-38(18-12-21)25(40)8-13-29(30,31)32/h2-7,9-11,14-16H,8,12-13,17-19H2,1H3,(H,34,36). The Morgan fingerprint density at radius 1 is 1.07 bits per heavy atom. The van der Waals surface area contributed by atoms with E-state index in [1.165, 1.54) is 4.90 Å². The Hall–Kier alpha value is -4.74. The maximum absolute atomic E-state index is 12.8. The molecule has 4 aromatic rings. The van der Waals surface area contributed by atoms with Crippen molar-refractivity contribution in [2.45, 2.75) is 32.0 Å². The van der Waals surface area contributed by atoms with Crippen LogP contribution >= 0.6 is 0 Å². The number of fused-ring (bicyclic) bond motifs is 1. The molecule has 0 saturated heterocycles. The van der Waals surface area contributed by atoms with Crippen molar-refractivity contribution in [3.63, 3.8) is 0 Å². The first-order valence-corrected chi connectivity index (χ1v) is 13.1. The van der Waals surface area contributed by atoms with Gasteiger partial charge in [-0.3, -0.25) is 14.6 Å². The number of aromatic nitrogens is 4. The summed E-state index contributed by atoms with van der Waals surface area (Å²) in [4.78, 5) is 36.7. The zero-order valence-electron chi connectivity index (χ0n) is 22.3. The van der Waals surface area contributed by atoms with Gasteiger partial charge in [-0.1, -0.05) is 6.08 Å². The molecule has 2 amide bonds. The molecular weight excluding hydrogens is 535 g/mol. The Morgan fingerprint density at radius 3 is 2.51 bits per heavy atom. The van der Waals surface area contributed by atoms with Gasteiger partial charge in [-0.05, 0) is 66.1 Å². The Balaban J connectivity index is 1.24. The first-order chi connectivity index (χ1) is 19.7. The van der Waals surface area contributed by atoms with E-state index in [1.807, 2.05) is 30.3 Å². The van der Waals surface area contributed by atoms with Gasteiger partial charge >= 0.3 is 6.18 Å². The average Bonchev–Trinajstić information content (AvgIpc) is 3.39. The normalized spacial score (nSPS) is 13.7. The minimum atomic E-state index is -4.35. The number of alkyl halides is 3. The summed E-state index contributed by atoms with van der Waals surface area (Å²) >= 11 is 0. The lowest BCUT2D eigenvalue weighted by atomic mass is 10.00. The van der Waals surface area contributed by atoms with E-state index in [-0.39, 0.29) is 12.5 Å². The number of nitrogens with one attached hydrogen (secondary N) is 1. The van der Waals surface area contributed by atoms with Gasteiger partial charge in [0.15, 0.2) is 5.65 Å². The van der Waals surface area contributed by atoms with Gasteiger partial charge in [0, 0.05) is 68.5 Å². The fourth-order valence-electron chi connectivity index (χ4n) is 4.64. The second-order valence-corrected chi connectivity index (χ2v) is 9.78. The molecule has 12 heteroatoms. The van der Waals surface area contributed by atoms with Crippen molar-refractivity contribution in [3.8, 4) is 0 Å². The molecule has 41 heavy (non-hydrogen) atoms. The van der Waals surface area contributed by atoms with Gasteiger partial charge in [0.05, 0.1) is 6.42 Å². The summed E-state index contributed by atoms with van der Waals surface area (Å²) in [5, 5.41) is 7.67. The Bertz CT molecular complexity index is 1570. The predicted octanol–water partition coefficient (Wildman–Crippen LogP) is 5.10. The first-order valence-electron chi connectivity index (χ1n) is 13.1. The van der Waals surface area contributed by atoms with Gasteiger partial charge in [0.2, 0.25) is 11.9 Å². The molecule has 0 saturated carbocycles. The van der Waals surface area contributed by atoms with Crippen LogP contribution in [0.2, 0.25) is 0 Å². The second-order valence-electron chi connectivity index (χ2n) is 9.78. The zero-order chi connectivity index (χ0) is 29.0. The third-order valence-corrected chi connectivity index (χ3v) is 6.80. The van der Waals surface area contributed by atoms with Crippen molar-refractivity contribution >= 4 is 34.7 Å². The largest absolute Gasteiger partial charge is 0.389 e. The molecule has 1 N–H and O–H groups in total. The van der Waals surface area contributed by atoms with Crippen molar-refractivity contribution in [2.75, 3.05) is 25.5 Å². The van der Waals surface area contributed by atoms with Crippen LogP contribution in [0.1, 0.15) is 40.7 Å². The van der Waals surface area contributed by atoms with E-state index in [0.29, 0.717) is 42.4 Å². The molecule has 0 unspecified atom stereocenters. The molecule has 9 nitrogen and oxygen atoms in total. The summed E-state index contributed by atoms with van der Waals surface area (Å²) in [6.07, 6.45) is 1.50. The van der Waals surface area contributed by atoms with Gasteiger partial charge in [0.1, 0.15) is 0 Å². The molecule has 0 bridgehead atoms. The van der Waals surface area contributed by atoms with Crippen LogP contribution in [0.4, 0.5) is 24.8 Å². The highest BCUT2D eigenvalue weighted by Crippen LogP contribution is 2.28. The fraction of sp³-hybridized carbons (Fsp3) is 0.276. The van der Waals surface area contributed by atoms with Gasteiger partial charge < -0.3 is 15.1 Å². The maximum Gasteiger partial charge on any atom is 0.389 e. The summed E-state index contributed by atoms with van der Waals surface area (Å²) < 4.78 is 39.1. The monoisotopic (exact) mass is 563 g/mol. The fourth-order valence-corrected chi connectivity index (χ4v) is 4.64. The van der Waals surface area contributed by atoms with E-state index >= 15 is 0 Å². The lowest BCUT2D eigenvalue weighted by Gasteiger charge is -2.27. The van der Waals surface area contributed by atoms with E-state index in [2.05, 4.69) is 20.4 Å². The van der Waals surface area contributed by atoms with Crippen molar-refractivity contribution in [2.24, 2.45) is 0 Å². The molecule has 0 atom stereocenters. The number of nitrogens with zero attached hydrogens (tertiary/aromatic N) is 6. The Labute approximate surface area is 234 Å². The topological polar surface area (TPSA) is 95.7 Å². The van der Waals surface area contributed by atoms with Crippen molar-refractivity contribution < 1.29 is 22.8 Å². The van der Waals surface area contributed by atoms with Gasteiger partial charge in [-0.15, -0.1) is 5.10 Å².